The van der Waals surface area contributed by atoms with Gasteiger partial charge >= 0.3 is 0 Å². The highest BCUT2D eigenvalue weighted by Gasteiger charge is 2.23. The lowest BCUT2D eigenvalue weighted by Crippen LogP contribution is -2.44. The van der Waals surface area contributed by atoms with Crippen LogP contribution in [-0.4, -0.2) is 17.9 Å². The summed E-state index contributed by atoms with van der Waals surface area (Å²) in [7, 11) is 0. The molecule has 0 aromatic carbocycles. The second-order valence-corrected chi connectivity index (χ2v) is 2.35. The van der Waals surface area contributed by atoms with Crippen LogP contribution < -0.4 is 16.8 Å². The van der Waals surface area contributed by atoms with Gasteiger partial charge in [0, 0.05) is 5.57 Å². The molecule has 0 aliphatic carbocycles. The number of rotatable bonds is 2. The Balaban J connectivity index is 2.91. The van der Waals surface area contributed by atoms with Crippen LogP contribution >= 0.6 is 0 Å². The van der Waals surface area contributed by atoms with Crippen LogP contribution in [-0.2, 0) is 9.59 Å². The van der Waals surface area contributed by atoms with E-state index in [1.165, 1.54) is 12.3 Å². The van der Waals surface area contributed by atoms with Crippen molar-refractivity contribution in [1.29, 1.82) is 0 Å². The van der Waals surface area contributed by atoms with Crippen LogP contribution in [0.15, 0.2) is 23.9 Å². The first-order valence-corrected chi connectivity index (χ1v) is 3.35. The van der Waals surface area contributed by atoms with Crippen molar-refractivity contribution in [2.45, 2.75) is 6.04 Å². The molecule has 5 heteroatoms. The summed E-state index contributed by atoms with van der Waals surface area (Å²) in [5.74, 6) is -1.26. The lowest BCUT2D eigenvalue weighted by atomic mass is 10.0. The van der Waals surface area contributed by atoms with E-state index in [9.17, 15) is 9.59 Å². The zero-order valence-corrected chi connectivity index (χ0v) is 6.28. The van der Waals surface area contributed by atoms with Gasteiger partial charge < -0.3 is 16.8 Å². The molecule has 5 nitrogen and oxygen atoms in total. The van der Waals surface area contributed by atoms with Crippen molar-refractivity contribution in [3.8, 4) is 0 Å². The summed E-state index contributed by atoms with van der Waals surface area (Å²) in [6.07, 6.45) is 4.58. The first-order chi connectivity index (χ1) is 5.63. The van der Waals surface area contributed by atoms with E-state index in [-0.39, 0.29) is 5.57 Å². The summed E-state index contributed by atoms with van der Waals surface area (Å²) >= 11 is 0. The van der Waals surface area contributed by atoms with Crippen LogP contribution in [0.1, 0.15) is 0 Å². The van der Waals surface area contributed by atoms with E-state index < -0.39 is 17.9 Å². The van der Waals surface area contributed by atoms with Crippen LogP contribution in [0.3, 0.4) is 0 Å². The zero-order valence-electron chi connectivity index (χ0n) is 6.28. The molecule has 0 spiro atoms. The number of hydrogen-bond donors (Lipinski definition) is 3. The normalized spacial score (nSPS) is 21.0. The molecule has 5 N–H and O–H groups in total. The molecule has 0 bridgehead atoms. The molecule has 1 heterocycles. The Bertz CT molecular complexity index is 280. The number of dihydropyridines is 1. The van der Waals surface area contributed by atoms with Gasteiger partial charge in [0.1, 0.15) is 6.04 Å². The summed E-state index contributed by atoms with van der Waals surface area (Å²) in [5, 5.41) is 2.63. The number of nitrogens with one attached hydrogen (secondary N) is 1. The fourth-order valence-electron chi connectivity index (χ4n) is 0.949. The summed E-state index contributed by atoms with van der Waals surface area (Å²) in [6.45, 7) is 0. The van der Waals surface area contributed by atoms with Crippen molar-refractivity contribution in [1.82, 2.24) is 5.32 Å². The van der Waals surface area contributed by atoms with Gasteiger partial charge in [0.2, 0.25) is 11.8 Å². The second kappa shape index (κ2) is 3.08. The van der Waals surface area contributed by atoms with Crippen molar-refractivity contribution in [3.05, 3.63) is 23.9 Å². The van der Waals surface area contributed by atoms with E-state index in [4.69, 9.17) is 11.5 Å². The summed E-state index contributed by atoms with van der Waals surface area (Å²) < 4.78 is 0. The Morgan fingerprint density at radius 3 is 2.50 bits per heavy atom. The molecule has 0 fully saturated rings. The maximum Gasteiger partial charge on any atom is 0.247 e. The zero-order chi connectivity index (χ0) is 9.14. The van der Waals surface area contributed by atoms with Crippen LogP contribution in [0, 0.1) is 0 Å². The molecule has 0 saturated heterocycles. The number of amides is 2. The van der Waals surface area contributed by atoms with E-state index in [0.29, 0.717) is 0 Å². The average Bonchev–Trinajstić information content (AvgIpc) is 2.04. The van der Waals surface area contributed by atoms with Gasteiger partial charge in [-0.1, -0.05) is 0 Å². The summed E-state index contributed by atoms with van der Waals surface area (Å²) in [5.41, 5.74) is 10.2. The van der Waals surface area contributed by atoms with Gasteiger partial charge in [-0.25, -0.2) is 0 Å². The fourth-order valence-corrected chi connectivity index (χ4v) is 0.949. The molecule has 1 aliphatic rings. The third-order valence-corrected chi connectivity index (χ3v) is 1.51. The van der Waals surface area contributed by atoms with Crippen molar-refractivity contribution < 1.29 is 9.59 Å². The van der Waals surface area contributed by atoms with Crippen molar-refractivity contribution in [3.63, 3.8) is 0 Å². The predicted octanol–water partition coefficient (Wildman–Crippen LogP) is -1.63. The first-order valence-electron chi connectivity index (χ1n) is 3.35. The van der Waals surface area contributed by atoms with Crippen molar-refractivity contribution >= 4 is 11.8 Å². The Kier molecular flexibility index (Phi) is 2.14. The van der Waals surface area contributed by atoms with E-state index in [1.807, 2.05) is 0 Å². The Morgan fingerprint density at radius 2 is 2.08 bits per heavy atom. The Labute approximate surface area is 69.1 Å². The number of primary amides is 2. The topological polar surface area (TPSA) is 98.2 Å². The van der Waals surface area contributed by atoms with Crippen LogP contribution in [0.2, 0.25) is 0 Å². The SMILES string of the molecule is NC(=O)C1=CC=CNC1C(N)=O. The molecule has 0 radical (unpaired) electrons. The van der Waals surface area contributed by atoms with Gasteiger partial charge in [-0.15, -0.1) is 0 Å². The summed E-state index contributed by atoms with van der Waals surface area (Å²) in [6, 6.07) is -0.799. The Morgan fingerprint density at radius 1 is 1.42 bits per heavy atom. The van der Waals surface area contributed by atoms with E-state index in [2.05, 4.69) is 5.32 Å². The summed E-state index contributed by atoms with van der Waals surface area (Å²) in [4.78, 5) is 21.5. The van der Waals surface area contributed by atoms with E-state index in [0.717, 1.165) is 0 Å². The molecule has 0 aromatic rings. The third kappa shape index (κ3) is 1.45. The third-order valence-electron chi connectivity index (χ3n) is 1.51. The molecule has 1 rings (SSSR count). The lowest BCUT2D eigenvalue weighted by Gasteiger charge is -2.17. The highest BCUT2D eigenvalue weighted by Crippen LogP contribution is 2.05. The quantitative estimate of drug-likeness (QED) is 0.460. The smallest absolute Gasteiger partial charge is 0.247 e. The number of hydrogen-bond acceptors (Lipinski definition) is 3. The molecule has 64 valence electrons. The minimum atomic E-state index is -0.799. The number of carbonyl (C=O) groups is 2. The van der Waals surface area contributed by atoms with Gasteiger partial charge in [0.05, 0.1) is 0 Å². The molecule has 1 atom stereocenters. The molecule has 12 heavy (non-hydrogen) atoms. The average molecular weight is 167 g/mol. The maximum absolute atomic E-state index is 10.7. The van der Waals surface area contributed by atoms with E-state index >= 15 is 0 Å². The van der Waals surface area contributed by atoms with Gasteiger partial charge in [-0.05, 0) is 18.4 Å². The molecular weight excluding hydrogens is 158 g/mol. The van der Waals surface area contributed by atoms with Crippen LogP contribution in [0.25, 0.3) is 0 Å². The fraction of sp³-hybridized carbons (Fsp3) is 0.143. The standard InChI is InChI=1S/C7H9N3O2/c8-6(11)4-2-1-3-10-5(4)7(9)12/h1-3,5,10H,(H2,8,11)(H2,9,12). The second-order valence-electron chi connectivity index (χ2n) is 2.35. The maximum atomic E-state index is 10.7. The predicted molar refractivity (Wildman–Crippen MR) is 42.5 cm³/mol. The van der Waals surface area contributed by atoms with Crippen molar-refractivity contribution in [2.75, 3.05) is 0 Å². The highest BCUT2D eigenvalue weighted by molar-refractivity contribution is 6.01. The molecule has 0 saturated carbocycles. The molecule has 0 aromatic heterocycles. The van der Waals surface area contributed by atoms with Crippen LogP contribution in [0.5, 0.6) is 0 Å². The van der Waals surface area contributed by atoms with Crippen LogP contribution in [0.4, 0.5) is 0 Å². The van der Waals surface area contributed by atoms with Gasteiger partial charge in [-0.2, -0.15) is 0 Å². The highest BCUT2D eigenvalue weighted by atomic mass is 16.2. The van der Waals surface area contributed by atoms with Gasteiger partial charge in [-0.3, -0.25) is 9.59 Å². The molecule has 1 aliphatic heterocycles. The van der Waals surface area contributed by atoms with Gasteiger partial charge in [0.25, 0.3) is 0 Å². The minimum absolute atomic E-state index is 0.185. The number of carbonyl (C=O) groups excluding carboxylic acids is 2. The molecular formula is C7H9N3O2. The Hall–Kier alpha value is -1.78. The minimum Gasteiger partial charge on any atom is -0.376 e. The lowest BCUT2D eigenvalue weighted by molar-refractivity contribution is -0.121. The monoisotopic (exact) mass is 167 g/mol. The van der Waals surface area contributed by atoms with Gasteiger partial charge in [0.15, 0.2) is 0 Å². The number of allylic oxidation sites excluding steroid dienone is 2. The van der Waals surface area contributed by atoms with E-state index in [1.54, 1.807) is 6.08 Å². The number of nitrogens with two attached hydrogens (primary N) is 2. The molecule has 2 amide bonds. The molecule has 1 unspecified atom stereocenters. The first kappa shape index (κ1) is 8.32. The largest absolute Gasteiger partial charge is 0.376 e. The van der Waals surface area contributed by atoms with Crippen molar-refractivity contribution in [2.24, 2.45) is 11.5 Å².